The SMILES string of the molecule is COC(=O)c1ccc2nc(Cc3ccc(-c4ccnc(OCc5ccc(C#N)cc5OC)n4)c(F)c3)n(CC3(CF)CC3)c2n1. The quantitative estimate of drug-likeness (QED) is 0.175. The van der Waals surface area contributed by atoms with Crippen LogP contribution in [0.25, 0.3) is 22.4 Å². The highest BCUT2D eigenvalue weighted by atomic mass is 19.1. The van der Waals surface area contributed by atoms with E-state index in [0.717, 1.165) is 12.8 Å². The van der Waals surface area contributed by atoms with Gasteiger partial charge in [-0.2, -0.15) is 10.2 Å². The molecule has 0 unspecified atom stereocenters. The number of pyridine rings is 1. The molecule has 1 aliphatic carbocycles. The number of nitrogens with zero attached hydrogens (tertiary/aromatic N) is 6. The second kappa shape index (κ2) is 12.3. The second-order valence-corrected chi connectivity index (χ2v) is 10.9. The van der Waals surface area contributed by atoms with Crippen LogP contribution in [0.5, 0.6) is 11.8 Å². The van der Waals surface area contributed by atoms with E-state index >= 15 is 4.39 Å². The molecule has 1 saturated carbocycles. The molecule has 45 heavy (non-hydrogen) atoms. The standard InChI is InChI=1S/C33H28F2N6O4/c1-43-28-14-21(16-36)3-5-22(28)17-45-32-37-12-9-25(40-32)23-6-4-20(13-24(23)35)15-29-38-26-7-8-27(31(42)44-2)39-30(26)41(29)19-33(18-34)10-11-33/h3-9,12-14H,10-11,15,17-19H2,1-2H3. The van der Waals surface area contributed by atoms with E-state index in [4.69, 9.17) is 24.5 Å². The monoisotopic (exact) mass is 610 g/mol. The summed E-state index contributed by atoms with van der Waals surface area (Å²) < 4.78 is 47.2. The van der Waals surface area contributed by atoms with Crippen LogP contribution < -0.4 is 9.47 Å². The summed E-state index contributed by atoms with van der Waals surface area (Å²) in [4.78, 5) is 29.8. The van der Waals surface area contributed by atoms with Crippen molar-refractivity contribution in [1.82, 2.24) is 24.5 Å². The molecule has 0 amide bonds. The Kier molecular flexibility index (Phi) is 8.08. The molecule has 0 aliphatic heterocycles. The van der Waals surface area contributed by atoms with E-state index in [1.165, 1.54) is 32.5 Å². The number of rotatable bonds is 11. The maximum atomic E-state index is 15.5. The lowest BCUT2D eigenvalue weighted by atomic mass is 10.1. The van der Waals surface area contributed by atoms with Crippen LogP contribution in [0.4, 0.5) is 8.78 Å². The molecule has 12 heteroatoms. The van der Waals surface area contributed by atoms with Gasteiger partial charge in [0.1, 0.15) is 29.5 Å². The van der Waals surface area contributed by atoms with Crippen LogP contribution in [0.2, 0.25) is 0 Å². The Morgan fingerprint density at radius 2 is 1.91 bits per heavy atom. The number of methoxy groups -OCH3 is 2. The molecule has 0 N–H and O–H groups in total. The Morgan fingerprint density at radius 1 is 1.07 bits per heavy atom. The third-order valence-electron chi connectivity index (χ3n) is 7.88. The van der Waals surface area contributed by atoms with Crippen molar-refractivity contribution in [3.05, 3.63) is 94.8 Å². The number of carbonyl (C=O) groups excluding carboxylic acids is 1. The number of aromatic nitrogens is 5. The van der Waals surface area contributed by atoms with Gasteiger partial charge in [-0.1, -0.05) is 12.1 Å². The Bertz CT molecular complexity index is 1950. The van der Waals surface area contributed by atoms with Crippen molar-refractivity contribution in [2.45, 2.75) is 32.4 Å². The lowest BCUT2D eigenvalue weighted by Gasteiger charge is -2.15. The summed E-state index contributed by atoms with van der Waals surface area (Å²) in [5.74, 6) is 0.00392. The maximum Gasteiger partial charge on any atom is 0.356 e. The molecular formula is C33H28F2N6O4. The van der Waals surface area contributed by atoms with Crippen LogP contribution in [-0.2, 0) is 24.3 Å². The number of imidazole rings is 1. The lowest BCUT2D eigenvalue weighted by molar-refractivity contribution is 0.0594. The first-order valence-corrected chi connectivity index (χ1v) is 14.2. The summed E-state index contributed by atoms with van der Waals surface area (Å²) in [5, 5.41) is 9.12. The zero-order chi connectivity index (χ0) is 31.6. The molecule has 1 aliphatic rings. The van der Waals surface area contributed by atoms with Gasteiger partial charge < -0.3 is 18.8 Å². The predicted molar refractivity (Wildman–Crippen MR) is 159 cm³/mol. The van der Waals surface area contributed by atoms with Crippen LogP contribution in [0.1, 0.15) is 45.8 Å². The van der Waals surface area contributed by atoms with E-state index in [0.29, 0.717) is 51.7 Å². The molecule has 3 heterocycles. The van der Waals surface area contributed by atoms with Crippen LogP contribution in [0.15, 0.2) is 60.8 Å². The molecule has 0 atom stereocenters. The zero-order valence-electron chi connectivity index (χ0n) is 24.6. The lowest BCUT2D eigenvalue weighted by Crippen LogP contribution is -2.17. The smallest absolute Gasteiger partial charge is 0.356 e. The van der Waals surface area contributed by atoms with E-state index in [9.17, 15) is 9.18 Å². The molecule has 0 saturated heterocycles. The number of benzene rings is 2. The third kappa shape index (κ3) is 6.15. The molecule has 10 nitrogen and oxygen atoms in total. The number of ether oxygens (including phenoxy) is 3. The van der Waals surface area contributed by atoms with Crippen molar-refractivity contribution in [2.75, 3.05) is 20.9 Å². The van der Waals surface area contributed by atoms with Gasteiger partial charge in [0.2, 0.25) is 0 Å². The normalized spacial score (nSPS) is 13.3. The zero-order valence-corrected chi connectivity index (χ0v) is 24.6. The summed E-state index contributed by atoms with van der Waals surface area (Å²) >= 11 is 0. The van der Waals surface area contributed by atoms with Gasteiger partial charge in [0.25, 0.3) is 0 Å². The predicted octanol–water partition coefficient (Wildman–Crippen LogP) is 5.61. The largest absolute Gasteiger partial charge is 0.496 e. The van der Waals surface area contributed by atoms with Crippen LogP contribution in [0.3, 0.4) is 0 Å². The fourth-order valence-electron chi connectivity index (χ4n) is 5.11. The Hall–Kier alpha value is -5.44. The maximum absolute atomic E-state index is 15.5. The van der Waals surface area contributed by atoms with Crippen molar-refractivity contribution in [1.29, 1.82) is 5.26 Å². The fraction of sp³-hybridized carbons (Fsp3) is 0.273. The number of esters is 1. The minimum Gasteiger partial charge on any atom is -0.496 e. The molecule has 0 bridgehead atoms. The van der Waals surface area contributed by atoms with Crippen molar-refractivity contribution in [3.8, 4) is 29.1 Å². The van der Waals surface area contributed by atoms with Crippen molar-refractivity contribution >= 4 is 17.1 Å². The topological polar surface area (TPSA) is 125 Å². The van der Waals surface area contributed by atoms with Crippen LogP contribution in [-0.4, -0.2) is 51.4 Å². The molecule has 0 spiro atoms. The molecule has 5 aromatic rings. The van der Waals surface area contributed by atoms with Gasteiger partial charge in [0, 0.05) is 35.7 Å². The number of nitriles is 1. The van der Waals surface area contributed by atoms with Gasteiger partial charge in [0.05, 0.1) is 38.2 Å². The first-order valence-electron chi connectivity index (χ1n) is 14.2. The van der Waals surface area contributed by atoms with Gasteiger partial charge in [0.15, 0.2) is 11.3 Å². The molecule has 0 radical (unpaired) electrons. The first-order chi connectivity index (χ1) is 21.8. The number of alkyl halides is 1. The summed E-state index contributed by atoms with van der Waals surface area (Å²) in [6.45, 7) is -0.0379. The van der Waals surface area contributed by atoms with Crippen molar-refractivity contribution < 1.29 is 27.8 Å². The van der Waals surface area contributed by atoms with E-state index in [2.05, 4.69) is 21.0 Å². The highest BCUT2D eigenvalue weighted by molar-refractivity contribution is 5.89. The van der Waals surface area contributed by atoms with E-state index in [1.807, 2.05) is 4.57 Å². The minimum absolute atomic E-state index is 0.0526. The fourth-order valence-corrected chi connectivity index (χ4v) is 5.11. The van der Waals surface area contributed by atoms with Gasteiger partial charge in [-0.15, -0.1) is 0 Å². The van der Waals surface area contributed by atoms with Gasteiger partial charge >= 0.3 is 12.0 Å². The summed E-state index contributed by atoms with van der Waals surface area (Å²) in [5.41, 5.74) is 3.04. The highest BCUT2D eigenvalue weighted by Gasteiger charge is 2.44. The van der Waals surface area contributed by atoms with Gasteiger partial charge in [-0.25, -0.2) is 24.1 Å². The number of halogens is 2. The molecule has 1 fully saturated rings. The van der Waals surface area contributed by atoms with Crippen LogP contribution >= 0.6 is 0 Å². The van der Waals surface area contributed by atoms with E-state index < -0.39 is 23.9 Å². The molecule has 3 aromatic heterocycles. The minimum atomic E-state index is -0.581. The van der Waals surface area contributed by atoms with E-state index in [-0.39, 0.29) is 30.3 Å². The Balaban J connectivity index is 1.24. The third-order valence-corrected chi connectivity index (χ3v) is 7.88. The first kappa shape index (κ1) is 29.6. The molecule has 6 rings (SSSR count). The Labute approximate surface area is 257 Å². The number of hydrogen-bond donors (Lipinski definition) is 0. The summed E-state index contributed by atoms with van der Waals surface area (Å²) in [6.07, 6.45) is 3.23. The summed E-state index contributed by atoms with van der Waals surface area (Å²) in [7, 11) is 2.78. The summed E-state index contributed by atoms with van der Waals surface area (Å²) in [6, 6.07) is 16.7. The highest BCUT2D eigenvalue weighted by Crippen LogP contribution is 2.48. The molecule has 228 valence electrons. The van der Waals surface area contributed by atoms with Crippen LogP contribution in [0, 0.1) is 22.6 Å². The number of hydrogen-bond acceptors (Lipinski definition) is 9. The number of carbonyl (C=O) groups is 1. The number of fused-ring (bicyclic) bond motifs is 1. The Morgan fingerprint density at radius 3 is 2.62 bits per heavy atom. The van der Waals surface area contributed by atoms with Crippen molar-refractivity contribution in [2.24, 2.45) is 5.41 Å². The van der Waals surface area contributed by atoms with Gasteiger partial charge in [-0.05, 0) is 60.9 Å². The molecule has 2 aromatic carbocycles. The second-order valence-electron chi connectivity index (χ2n) is 10.9. The van der Waals surface area contributed by atoms with Gasteiger partial charge in [-0.3, -0.25) is 4.39 Å². The average molecular weight is 611 g/mol. The average Bonchev–Trinajstić information content (AvgIpc) is 3.78. The molecular weight excluding hydrogens is 582 g/mol. The van der Waals surface area contributed by atoms with Crippen molar-refractivity contribution in [3.63, 3.8) is 0 Å². The van der Waals surface area contributed by atoms with E-state index in [1.54, 1.807) is 42.5 Å².